The second-order valence-electron chi connectivity index (χ2n) is 5.39. The lowest BCUT2D eigenvalue weighted by atomic mass is 9.95. The Morgan fingerprint density at radius 1 is 1.08 bits per heavy atom. The Balaban J connectivity index is 2.09. The van der Waals surface area contributed by atoms with E-state index in [1.807, 2.05) is 0 Å². The van der Waals surface area contributed by atoms with Crippen LogP contribution >= 0.6 is 0 Å². The number of H-pyrrole nitrogens is 1. The molecule has 1 unspecified atom stereocenters. The SMILES string of the molecule is COc1ccccc1NC(c1cn[nH]c1)c1ccccc1C(F)(F)F. The maximum absolute atomic E-state index is 13.5. The quantitative estimate of drug-likeness (QED) is 0.707. The van der Waals surface area contributed by atoms with Gasteiger partial charge in [-0.25, -0.2) is 0 Å². The van der Waals surface area contributed by atoms with Gasteiger partial charge in [-0.2, -0.15) is 18.3 Å². The number of alkyl halides is 3. The van der Waals surface area contributed by atoms with E-state index in [4.69, 9.17) is 4.74 Å². The molecule has 0 saturated heterocycles. The Morgan fingerprint density at radius 3 is 2.48 bits per heavy atom. The molecule has 0 fully saturated rings. The Hall–Kier alpha value is -2.96. The molecule has 0 radical (unpaired) electrons. The first kappa shape index (κ1) is 16.9. The van der Waals surface area contributed by atoms with Crippen molar-refractivity contribution in [2.45, 2.75) is 12.2 Å². The fraction of sp³-hybridized carbons (Fsp3) is 0.167. The number of anilines is 1. The van der Waals surface area contributed by atoms with E-state index in [-0.39, 0.29) is 5.56 Å². The van der Waals surface area contributed by atoms with Gasteiger partial charge in [-0.15, -0.1) is 0 Å². The number of aromatic nitrogens is 2. The lowest BCUT2D eigenvalue weighted by Crippen LogP contribution is -2.18. The molecule has 3 aromatic rings. The van der Waals surface area contributed by atoms with E-state index in [0.29, 0.717) is 17.0 Å². The van der Waals surface area contributed by atoms with Crippen molar-refractivity contribution in [2.24, 2.45) is 0 Å². The Morgan fingerprint density at radius 2 is 1.80 bits per heavy atom. The zero-order chi connectivity index (χ0) is 17.9. The van der Waals surface area contributed by atoms with Crippen LogP contribution in [-0.2, 0) is 6.18 Å². The molecule has 2 N–H and O–H groups in total. The van der Waals surface area contributed by atoms with E-state index < -0.39 is 17.8 Å². The van der Waals surface area contributed by atoms with Gasteiger partial charge in [0, 0.05) is 11.8 Å². The molecule has 1 atom stereocenters. The smallest absolute Gasteiger partial charge is 0.416 e. The van der Waals surface area contributed by atoms with Crippen molar-refractivity contribution in [3.05, 3.63) is 77.6 Å². The number of para-hydroxylation sites is 2. The molecular weight excluding hydrogens is 331 g/mol. The lowest BCUT2D eigenvalue weighted by molar-refractivity contribution is -0.138. The number of benzene rings is 2. The highest BCUT2D eigenvalue weighted by Crippen LogP contribution is 2.38. The van der Waals surface area contributed by atoms with Gasteiger partial charge in [0.05, 0.1) is 30.6 Å². The molecule has 1 aromatic heterocycles. The number of nitrogens with one attached hydrogen (secondary N) is 2. The molecule has 2 aromatic carbocycles. The van der Waals surface area contributed by atoms with Gasteiger partial charge in [0.25, 0.3) is 0 Å². The summed E-state index contributed by atoms with van der Waals surface area (Å²) in [6, 6.07) is 11.8. The minimum Gasteiger partial charge on any atom is -0.495 e. The molecule has 1 heterocycles. The maximum Gasteiger partial charge on any atom is 0.416 e. The minimum absolute atomic E-state index is 0.113. The molecule has 0 aliphatic heterocycles. The fourth-order valence-electron chi connectivity index (χ4n) is 2.69. The summed E-state index contributed by atoms with van der Waals surface area (Å²) < 4.78 is 45.7. The minimum atomic E-state index is -4.46. The van der Waals surface area contributed by atoms with Crippen LogP contribution in [0.2, 0.25) is 0 Å². The van der Waals surface area contributed by atoms with Crippen LogP contribution < -0.4 is 10.1 Å². The summed E-state index contributed by atoms with van der Waals surface area (Å²) in [5, 5.41) is 9.66. The average molecular weight is 347 g/mol. The Labute approximate surface area is 142 Å². The topological polar surface area (TPSA) is 49.9 Å². The third-order valence-electron chi connectivity index (χ3n) is 3.84. The first-order chi connectivity index (χ1) is 12.0. The highest BCUT2D eigenvalue weighted by molar-refractivity contribution is 5.59. The van der Waals surface area contributed by atoms with Crippen molar-refractivity contribution in [3.8, 4) is 5.75 Å². The number of rotatable bonds is 5. The van der Waals surface area contributed by atoms with Crippen LogP contribution in [0, 0.1) is 0 Å². The first-order valence-electron chi connectivity index (χ1n) is 7.55. The van der Waals surface area contributed by atoms with Crippen LogP contribution in [-0.4, -0.2) is 17.3 Å². The molecule has 0 amide bonds. The number of nitrogens with zero attached hydrogens (tertiary/aromatic N) is 1. The summed E-state index contributed by atoms with van der Waals surface area (Å²) in [6.45, 7) is 0. The number of ether oxygens (including phenoxy) is 1. The summed E-state index contributed by atoms with van der Waals surface area (Å²) >= 11 is 0. The van der Waals surface area contributed by atoms with E-state index >= 15 is 0 Å². The normalized spacial score (nSPS) is 12.6. The van der Waals surface area contributed by atoms with Crippen LogP contribution in [0.5, 0.6) is 5.75 Å². The van der Waals surface area contributed by atoms with E-state index in [1.54, 1.807) is 36.5 Å². The van der Waals surface area contributed by atoms with Gasteiger partial charge in [0.2, 0.25) is 0 Å². The molecule has 0 spiro atoms. The Bertz CT molecular complexity index is 832. The van der Waals surface area contributed by atoms with Gasteiger partial charge in [-0.05, 0) is 23.8 Å². The van der Waals surface area contributed by atoms with Gasteiger partial charge >= 0.3 is 6.18 Å². The van der Waals surface area contributed by atoms with Gasteiger partial charge in [0.15, 0.2) is 0 Å². The lowest BCUT2D eigenvalue weighted by Gasteiger charge is -2.24. The monoisotopic (exact) mass is 347 g/mol. The fourth-order valence-corrected chi connectivity index (χ4v) is 2.69. The Kier molecular flexibility index (Phi) is 4.65. The van der Waals surface area contributed by atoms with Gasteiger partial charge < -0.3 is 10.1 Å². The zero-order valence-corrected chi connectivity index (χ0v) is 13.3. The van der Waals surface area contributed by atoms with Crippen molar-refractivity contribution < 1.29 is 17.9 Å². The number of hydrogen-bond acceptors (Lipinski definition) is 3. The largest absolute Gasteiger partial charge is 0.495 e. The van der Waals surface area contributed by atoms with Crippen LogP contribution in [0.15, 0.2) is 60.9 Å². The number of hydrogen-bond donors (Lipinski definition) is 2. The molecule has 130 valence electrons. The van der Waals surface area contributed by atoms with Crippen LogP contribution in [0.25, 0.3) is 0 Å². The van der Waals surface area contributed by atoms with E-state index in [0.717, 1.165) is 6.07 Å². The molecule has 0 saturated carbocycles. The second-order valence-corrected chi connectivity index (χ2v) is 5.39. The van der Waals surface area contributed by atoms with Crippen LogP contribution in [0.3, 0.4) is 0 Å². The van der Waals surface area contributed by atoms with Crippen molar-refractivity contribution in [1.29, 1.82) is 0 Å². The highest BCUT2D eigenvalue weighted by Gasteiger charge is 2.35. The molecule has 25 heavy (non-hydrogen) atoms. The predicted octanol–water partition coefficient (Wildman–Crippen LogP) is 4.64. The molecule has 3 rings (SSSR count). The number of aromatic amines is 1. The standard InChI is InChI=1S/C18H16F3N3O/c1-25-16-9-5-4-8-15(16)24-17(12-10-22-23-11-12)13-6-2-3-7-14(13)18(19,20)21/h2-11,17,24H,1H3,(H,22,23). The maximum atomic E-state index is 13.5. The molecule has 7 heteroatoms. The molecule has 0 aliphatic carbocycles. The molecule has 0 bridgehead atoms. The van der Waals surface area contributed by atoms with Gasteiger partial charge in [0.1, 0.15) is 5.75 Å². The third-order valence-corrected chi connectivity index (χ3v) is 3.84. The van der Waals surface area contributed by atoms with Crippen molar-refractivity contribution in [3.63, 3.8) is 0 Å². The summed E-state index contributed by atoms with van der Waals surface area (Å²) in [7, 11) is 1.51. The zero-order valence-electron chi connectivity index (χ0n) is 13.3. The molecule has 4 nitrogen and oxygen atoms in total. The summed E-state index contributed by atoms with van der Waals surface area (Å²) in [5.41, 5.74) is 0.599. The van der Waals surface area contributed by atoms with Crippen molar-refractivity contribution in [2.75, 3.05) is 12.4 Å². The van der Waals surface area contributed by atoms with Crippen molar-refractivity contribution >= 4 is 5.69 Å². The average Bonchev–Trinajstić information content (AvgIpc) is 3.13. The van der Waals surface area contributed by atoms with E-state index in [9.17, 15) is 13.2 Å². The van der Waals surface area contributed by atoms with Gasteiger partial charge in [-0.1, -0.05) is 30.3 Å². The van der Waals surface area contributed by atoms with E-state index in [1.165, 1.54) is 25.4 Å². The predicted molar refractivity (Wildman–Crippen MR) is 88.5 cm³/mol. The third kappa shape index (κ3) is 3.60. The van der Waals surface area contributed by atoms with Crippen LogP contribution in [0.4, 0.5) is 18.9 Å². The molecular formula is C18H16F3N3O. The van der Waals surface area contributed by atoms with Crippen molar-refractivity contribution in [1.82, 2.24) is 10.2 Å². The summed E-state index contributed by atoms with van der Waals surface area (Å²) in [5.74, 6) is 0.542. The van der Waals surface area contributed by atoms with E-state index in [2.05, 4.69) is 15.5 Å². The number of halogens is 3. The number of methoxy groups -OCH3 is 1. The molecule has 0 aliphatic rings. The highest BCUT2D eigenvalue weighted by atomic mass is 19.4. The summed E-state index contributed by atoms with van der Waals surface area (Å²) in [6.07, 6.45) is -1.39. The second kappa shape index (κ2) is 6.88. The van der Waals surface area contributed by atoms with Crippen LogP contribution in [0.1, 0.15) is 22.7 Å². The first-order valence-corrected chi connectivity index (χ1v) is 7.55. The van der Waals surface area contributed by atoms with Gasteiger partial charge in [-0.3, -0.25) is 5.10 Å². The summed E-state index contributed by atoms with van der Waals surface area (Å²) in [4.78, 5) is 0.